The van der Waals surface area contributed by atoms with Crippen LogP contribution in [-0.4, -0.2) is 16.3 Å². The molecule has 0 fully saturated rings. The zero-order chi connectivity index (χ0) is 9.56. The van der Waals surface area contributed by atoms with E-state index in [1.54, 1.807) is 0 Å². The third kappa shape index (κ3) is 5.41. The van der Waals surface area contributed by atoms with Gasteiger partial charge >= 0.3 is 0 Å². The summed E-state index contributed by atoms with van der Waals surface area (Å²) in [6.45, 7) is 8.91. The molecule has 72 valence electrons. The summed E-state index contributed by atoms with van der Waals surface area (Å²) in [5, 5.41) is 0. The fourth-order valence-corrected chi connectivity index (χ4v) is 1.29. The first kappa shape index (κ1) is 11.8. The Balaban J connectivity index is 3.86. The number of hydrogen-bond acceptors (Lipinski definition) is 1. The lowest BCUT2D eigenvalue weighted by molar-refractivity contribution is 0.0815. The van der Waals surface area contributed by atoms with Crippen molar-refractivity contribution < 1.29 is 4.74 Å². The van der Waals surface area contributed by atoms with E-state index in [1.165, 1.54) is 0 Å². The van der Waals surface area contributed by atoms with Gasteiger partial charge in [-0.05, 0) is 18.3 Å². The molecule has 0 aromatic heterocycles. The molecule has 1 unspecified atom stereocenters. The van der Waals surface area contributed by atoms with Crippen molar-refractivity contribution in [1.82, 2.24) is 0 Å². The molecule has 0 spiro atoms. The maximum Gasteiger partial charge on any atom is 0.100 e. The van der Waals surface area contributed by atoms with Gasteiger partial charge in [0.1, 0.15) is 6.10 Å². The van der Waals surface area contributed by atoms with Gasteiger partial charge in [0, 0.05) is 10.2 Å². The second kappa shape index (κ2) is 6.29. The van der Waals surface area contributed by atoms with Gasteiger partial charge in [0.25, 0.3) is 0 Å². The molecule has 0 N–H and O–H groups in total. The van der Waals surface area contributed by atoms with Crippen LogP contribution in [0.1, 0.15) is 34.1 Å². The smallest absolute Gasteiger partial charge is 0.100 e. The second-order valence-corrected chi connectivity index (χ2v) is 4.68. The van der Waals surface area contributed by atoms with E-state index in [-0.39, 0.29) is 0 Å². The summed E-state index contributed by atoms with van der Waals surface area (Å²) >= 11 is 0. The summed E-state index contributed by atoms with van der Waals surface area (Å²) in [5.74, 6) is 1.34. The van der Waals surface area contributed by atoms with Crippen molar-refractivity contribution >= 4 is 10.2 Å². The summed E-state index contributed by atoms with van der Waals surface area (Å²) in [6, 6.07) is 0. The van der Waals surface area contributed by atoms with Crippen molar-refractivity contribution in [3.05, 3.63) is 12.0 Å². The van der Waals surface area contributed by atoms with Crippen molar-refractivity contribution in [3.8, 4) is 0 Å². The van der Waals surface area contributed by atoms with Gasteiger partial charge in [-0.15, -0.1) is 0 Å². The molecule has 0 aliphatic rings. The molecule has 0 radical (unpaired) electrons. The van der Waals surface area contributed by atoms with Gasteiger partial charge in [-0.1, -0.05) is 33.4 Å². The average Bonchev–Trinajstić information content (AvgIpc) is 1.96. The number of hydrogen-bond donors (Lipinski definition) is 0. The van der Waals surface area contributed by atoms with Crippen LogP contribution in [0.15, 0.2) is 12.0 Å². The van der Waals surface area contributed by atoms with E-state index in [4.69, 9.17) is 4.74 Å². The Bertz CT molecular complexity index is 130. The molecule has 0 amide bonds. The largest absolute Gasteiger partial charge is 0.499 e. The summed E-state index contributed by atoms with van der Waals surface area (Å²) in [5.41, 5.74) is 2.08. The third-order valence-corrected chi connectivity index (χ3v) is 2.11. The highest BCUT2D eigenvalue weighted by molar-refractivity contribution is 6.16. The Labute approximate surface area is 79.6 Å². The normalized spacial score (nSPS) is 14.8. The van der Waals surface area contributed by atoms with Crippen LogP contribution in [0.2, 0.25) is 0 Å². The molecule has 0 saturated heterocycles. The van der Waals surface area contributed by atoms with E-state index in [2.05, 4.69) is 33.4 Å². The first-order valence-corrected chi connectivity index (χ1v) is 6.00. The molecule has 0 rings (SSSR count). The monoisotopic (exact) mass is 186 g/mol. The average molecular weight is 186 g/mol. The van der Waals surface area contributed by atoms with E-state index >= 15 is 0 Å². The molecular formula is C10H22OSi. The lowest BCUT2D eigenvalue weighted by atomic mass is 9.97. The second-order valence-electron chi connectivity index (χ2n) is 4.02. The van der Waals surface area contributed by atoms with Crippen LogP contribution in [-0.2, 0) is 4.74 Å². The van der Waals surface area contributed by atoms with Crippen molar-refractivity contribution in [2.45, 2.75) is 40.2 Å². The zero-order valence-electron chi connectivity index (χ0n) is 9.00. The number of rotatable bonds is 5. The first-order valence-electron chi connectivity index (χ1n) is 4.84. The zero-order valence-corrected chi connectivity index (χ0v) is 11.0. The Hall–Kier alpha value is -0.243. The number of ether oxygens (including phenoxy) is 1. The molecule has 0 aromatic carbocycles. The summed E-state index contributed by atoms with van der Waals surface area (Å²) in [4.78, 5) is 0. The maximum atomic E-state index is 5.62. The molecule has 0 heterocycles. The highest BCUT2D eigenvalue weighted by atomic mass is 28.1. The molecule has 1 nitrogen and oxygen atoms in total. The molecular weight excluding hydrogens is 164 g/mol. The predicted molar refractivity (Wildman–Crippen MR) is 58.2 cm³/mol. The van der Waals surface area contributed by atoms with Crippen molar-refractivity contribution in [2.75, 3.05) is 0 Å². The Morgan fingerprint density at radius 2 is 1.83 bits per heavy atom. The predicted octanol–water partition coefficient (Wildman–Crippen LogP) is 1.91. The van der Waals surface area contributed by atoms with Crippen LogP contribution in [0.3, 0.4) is 0 Å². The first-order chi connectivity index (χ1) is 5.57. The molecule has 12 heavy (non-hydrogen) atoms. The Morgan fingerprint density at radius 1 is 1.25 bits per heavy atom. The highest BCUT2D eigenvalue weighted by Gasteiger charge is 2.14. The fourth-order valence-electron chi connectivity index (χ4n) is 1.13. The molecule has 0 aromatic rings. The minimum Gasteiger partial charge on any atom is -0.499 e. The van der Waals surface area contributed by atoms with Crippen LogP contribution in [0.4, 0.5) is 0 Å². The molecule has 1 atom stereocenters. The molecule has 0 aliphatic carbocycles. The third-order valence-electron chi connectivity index (χ3n) is 1.84. The van der Waals surface area contributed by atoms with Gasteiger partial charge in [-0.3, -0.25) is 0 Å². The molecule has 2 heteroatoms. The minimum absolute atomic E-state index is 0.398. The van der Waals surface area contributed by atoms with E-state index in [1.807, 2.05) is 6.26 Å². The van der Waals surface area contributed by atoms with Crippen molar-refractivity contribution in [1.29, 1.82) is 0 Å². The van der Waals surface area contributed by atoms with E-state index < -0.39 is 0 Å². The summed E-state index contributed by atoms with van der Waals surface area (Å²) in [6.07, 6.45) is 3.42. The van der Waals surface area contributed by atoms with Crippen molar-refractivity contribution in [3.63, 3.8) is 0 Å². The Morgan fingerprint density at radius 3 is 2.17 bits per heavy atom. The highest BCUT2D eigenvalue weighted by Crippen LogP contribution is 2.16. The van der Waals surface area contributed by atoms with E-state index in [0.29, 0.717) is 12.0 Å². The van der Waals surface area contributed by atoms with Gasteiger partial charge in [0.2, 0.25) is 0 Å². The van der Waals surface area contributed by atoms with Gasteiger partial charge in [0.15, 0.2) is 0 Å². The van der Waals surface area contributed by atoms with E-state index in [0.717, 1.165) is 22.6 Å². The minimum atomic E-state index is 0.398. The molecule has 0 aliphatic heterocycles. The van der Waals surface area contributed by atoms with Gasteiger partial charge in [-0.2, -0.15) is 0 Å². The van der Waals surface area contributed by atoms with Crippen LogP contribution in [0, 0.1) is 11.8 Å². The topological polar surface area (TPSA) is 9.23 Å². The van der Waals surface area contributed by atoms with Crippen molar-refractivity contribution in [2.24, 2.45) is 11.8 Å². The molecule has 0 bridgehead atoms. The van der Waals surface area contributed by atoms with Gasteiger partial charge in [-0.25, -0.2) is 0 Å². The lowest BCUT2D eigenvalue weighted by Crippen LogP contribution is -2.19. The summed E-state index contributed by atoms with van der Waals surface area (Å²) < 4.78 is 5.62. The Kier molecular flexibility index (Phi) is 6.16. The lowest BCUT2D eigenvalue weighted by Gasteiger charge is -2.22. The SMILES string of the molecule is CC(C)CC(OC=C[SiH3])C(C)C. The standard InChI is InChI=1S/C10H22OSi/c1-8(2)7-10(9(3)4)11-5-6-12/h5-6,8-10H,7H2,1-4,12H3. The summed E-state index contributed by atoms with van der Waals surface area (Å²) in [7, 11) is 1.08. The molecule has 0 saturated carbocycles. The quantitative estimate of drug-likeness (QED) is 0.471. The van der Waals surface area contributed by atoms with Crippen LogP contribution in [0.25, 0.3) is 0 Å². The maximum absolute atomic E-state index is 5.62. The van der Waals surface area contributed by atoms with Crippen LogP contribution in [0.5, 0.6) is 0 Å². The van der Waals surface area contributed by atoms with Gasteiger partial charge < -0.3 is 4.74 Å². The van der Waals surface area contributed by atoms with E-state index in [9.17, 15) is 0 Å². The van der Waals surface area contributed by atoms with Gasteiger partial charge in [0.05, 0.1) is 6.26 Å². The van der Waals surface area contributed by atoms with Crippen LogP contribution >= 0.6 is 0 Å². The van der Waals surface area contributed by atoms with Crippen LogP contribution < -0.4 is 0 Å². The fraction of sp³-hybridized carbons (Fsp3) is 0.800.